The van der Waals surface area contributed by atoms with E-state index >= 15 is 0 Å². The maximum atomic E-state index is 5.21. The molecule has 0 radical (unpaired) electrons. The van der Waals surface area contributed by atoms with Gasteiger partial charge in [0, 0.05) is 23.4 Å². The molecule has 1 aliphatic rings. The molecule has 1 aliphatic heterocycles. The summed E-state index contributed by atoms with van der Waals surface area (Å²) < 4.78 is 3.86. The zero-order valence-electron chi connectivity index (χ0n) is 19.5. The molecule has 164 valence electrons. The minimum Gasteiger partial charge on any atom is -0.364 e. The van der Waals surface area contributed by atoms with Crippen LogP contribution >= 0.6 is 11.3 Å². The third-order valence-electron chi connectivity index (χ3n) is 6.08. The molecule has 0 aliphatic carbocycles. The lowest BCUT2D eigenvalue weighted by Gasteiger charge is -2.29. The second-order valence-electron chi connectivity index (χ2n) is 10.1. The van der Waals surface area contributed by atoms with Gasteiger partial charge in [0.2, 0.25) is 0 Å². The maximum absolute atomic E-state index is 5.21. The van der Waals surface area contributed by atoms with Gasteiger partial charge in [0.1, 0.15) is 11.3 Å². The second kappa shape index (κ2) is 8.46. The summed E-state index contributed by atoms with van der Waals surface area (Å²) in [5, 5.41) is 3.64. The monoisotopic (exact) mass is 427 g/mol. The number of rotatable bonds is 6. The first kappa shape index (κ1) is 21.6. The van der Waals surface area contributed by atoms with Crippen LogP contribution in [0.1, 0.15) is 64.1 Å². The Hall–Kier alpha value is -1.66. The summed E-state index contributed by atoms with van der Waals surface area (Å²) in [6.45, 7) is 14.5. The highest BCUT2D eigenvalue weighted by Gasteiger charge is 2.25. The molecule has 0 spiro atoms. The van der Waals surface area contributed by atoms with E-state index in [-0.39, 0.29) is 5.54 Å². The number of anilines is 1. The van der Waals surface area contributed by atoms with Gasteiger partial charge in [0.05, 0.1) is 15.7 Å². The smallest absolute Gasteiger partial charge is 0.155 e. The molecule has 3 aromatic heterocycles. The highest BCUT2D eigenvalue weighted by atomic mass is 32.1. The van der Waals surface area contributed by atoms with Crippen LogP contribution in [0.2, 0.25) is 0 Å². The molecule has 0 bridgehead atoms. The minimum absolute atomic E-state index is 0.0556. The molecule has 5 nitrogen and oxygen atoms in total. The van der Waals surface area contributed by atoms with Gasteiger partial charge in [-0.3, -0.25) is 0 Å². The Labute approximate surface area is 184 Å². The van der Waals surface area contributed by atoms with Gasteiger partial charge in [-0.1, -0.05) is 13.3 Å². The van der Waals surface area contributed by atoms with Crippen LogP contribution in [0.15, 0.2) is 6.07 Å². The Morgan fingerprint density at radius 2 is 1.93 bits per heavy atom. The third kappa shape index (κ3) is 4.50. The Kier molecular flexibility index (Phi) is 6.08. The predicted octanol–water partition coefficient (Wildman–Crippen LogP) is 5.85. The van der Waals surface area contributed by atoms with Crippen molar-refractivity contribution in [2.45, 2.75) is 78.8 Å². The second-order valence-corrected chi connectivity index (χ2v) is 11.3. The zero-order chi connectivity index (χ0) is 21.5. The Bertz CT molecular complexity index is 1020. The van der Waals surface area contributed by atoms with Crippen molar-refractivity contribution in [3.8, 4) is 0 Å². The first-order chi connectivity index (χ1) is 14.2. The molecule has 1 N–H and O–H groups in total. The summed E-state index contributed by atoms with van der Waals surface area (Å²) in [6, 6.07) is 2.23. The number of piperidine rings is 1. The predicted molar refractivity (Wildman–Crippen MR) is 130 cm³/mol. The van der Waals surface area contributed by atoms with Crippen LogP contribution in [0.3, 0.4) is 0 Å². The number of likely N-dealkylation sites (tertiary alicyclic amines) is 1. The lowest BCUT2D eigenvalue weighted by molar-refractivity contribution is 0.205. The molecule has 30 heavy (non-hydrogen) atoms. The van der Waals surface area contributed by atoms with E-state index in [1.807, 2.05) is 11.3 Å². The van der Waals surface area contributed by atoms with Gasteiger partial charge < -0.3 is 14.8 Å². The van der Waals surface area contributed by atoms with Crippen molar-refractivity contribution < 1.29 is 0 Å². The van der Waals surface area contributed by atoms with Crippen LogP contribution < -0.4 is 5.32 Å². The normalized spacial score (nSPS) is 16.7. The number of fused-ring (bicyclic) bond motifs is 3. The largest absolute Gasteiger partial charge is 0.364 e. The minimum atomic E-state index is -0.0556. The zero-order valence-corrected chi connectivity index (χ0v) is 20.3. The first-order valence-corrected chi connectivity index (χ1v) is 12.3. The Morgan fingerprint density at radius 1 is 1.20 bits per heavy atom. The maximum Gasteiger partial charge on any atom is 0.155 e. The van der Waals surface area contributed by atoms with Crippen LogP contribution in [0, 0.1) is 12.8 Å². The number of imidazole rings is 1. The molecule has 1 fully saturated rings. The highest BCUT2D eigenvalue weighted by molar-refractivity contribution is 7.19. The van der Waals surface area contributed by atoms with Crippen LogP contribution in [-0.2, 0) is 13.0 Å². The van der Waals surface area contributed by atoms with Crippen LogP contribution in [-0.4, -0.2) is 45.1 Å². The summed E-state index contributed by atoms with van der Waals surface area (Å²) >= 11 is 1.86. The number of nitrogens with one attached hydrogen (secondary N) is 1. The molecule has 0 atom stereocenters. The van der Waals surface area contributed by atoms with Gasteiger partial charge in [-0.05, 0) is 79.1 Å². The molecular formula is C24H37N5S. The van der Waals surface area contributed by atoms with E-state index in [1.54, 1.807) is 0 Å². The van der Waals surface area contributed by atoms with E-state index in [0.29, 0.717) is 0 Å². The van der Waals surface area contributed by atoms with E-state index in [2.05, 4.69) is 62.5 Å². The number of unbranched alkanes of at least 4 members (excludes halogenated alkanes) is 1. The van der Waals surface area contributed by atoms with Gasteiger partial charge in [-0.25, -0.2) is 9.97 Å². The summed E-state index contributed by atoms with van der Waals surface area (Å²) in [5.41, 5.74) is 3.40. The number of hydrogen-bond acceptors (Lipinski definition) is 5. The van der Waals surface area contributed by atoms with Crippen molar-refractivity contribution >= 4 is 38.4 Å². The Morgan fingerprint density at radius 3 is 2.60 bits per heavy atom. The van der Waals surface area contributed by atoms with Crippen LogP contribution in [0.5, 0.6) is 0 Å². The van der Waals surface area contributed by atoms with Crippen molar-refractivity contribution in [1.82, 2.24) is 19.4 Å². The highest BCUT2D eigenvalue weighted by Crippen LogP contribution is 2.37. The number of hydrogen-bond donors (Lipinski definition) is 1. The van der Waals surface area contributed by atoms with E-state index in [9.17, 15) is 0 Å². The van der Waals surface area contributed by atoms with Crippen molar-refractivity contribution in [1.29, 1.82) is 0 Å². The number of thiophene rings is 1. The van der Waals surface area contributed by atoms with E-state index in [0.717, 1.165) is 35.7 Å². The third-order valence-corrected chi connectivity index (χ3v) is 7.13. The molecule has 1 saturated heterocycles. The van der Waals surface area contributed by atoms with Crippen molar-refractivity contribution in [2.24, 2.45) is 5.92 Å². The van der Waals surface area contributed by atoms with Crippen molar-refractivity contribution in [3.63, 3.8) is 0 Å². The molecule has 0 saturated carbocycles. The number of aryl methyl sites for hydroxylation is 2. The fourth-order valence-corrected chi connectivity index (χ4v) is 5.49. The number of aromatic nitrogens is 3. The molecule has 3 aromatic rings. The molecule has 6 heteroatoms. The molecule has 0 unspecified atom stereocenters. The quantitative estimate of drug-likeness (QED) is 0.536. The standard InChI is InChI=1S/C24H37N5S/c1-7-8-9-19-26-20-21(29(19)15-17-10-12-28(6)13-11-17)22-18(14-16(2)30-22)25-23(20)27-24(3,4)5/h14,17H,7-13,15H2,1-6H3,(H,25,27). The van der Waals surface area contributed by atoms with Crippen LogP contribution in [0.25, 0.3) is 21.3 Å². The van der Waals surface area contributed by atoms with Gasteiger partial charge in [-0.15, -0.1) is 11.3 Å². The Balaban J connectivity index is 1.87. The SMILES string of the molecule is CCCCc1nc2c(NC(C)(C)C)nc3cc(C)sc3c2n1CC1CCN(C)CC1. The molecule has 4 heterocycles. The summed E-state index contributed by atoms with van der Waals surface area (Å²) in [6.07, 6.45) is 5.95. The average Bonchev–Trinajstić information content (AvgIpc) is 3.20. The molecule has 0 amide bonds. The van der Waals surface area contributed by atoms with Crippen molar-refractivity contribution in [2.75, 3.05) is 25.5 Å². The summed E-state index contributed by atoms with van der Waals surface area (Å²) in [4.78, 5) is 14.0. The van der Waals surface area contributed by atoms with Crippen LogP contribution in [0.4, 0.5) is 5.82 Å². The number of nitrogens with zero attached hydrogens (tertiary/aromatic N) is 4. The lowest BCUT2D eigenvalue weighted by atomic mass is 9.97. The molecular weight excluding hydrogens is 390 g/mol. The van der Waals surface area contributed by atoms with Gasteiger partial charge in [0.15, 0.2) is 5.82 Å². The fourth-order valence-electron chi connectivity index (χ4n) is 4.49. The van der Waals surface area contributed by atoms with E-state index < -0.39 is 0 Å². The van der Waals surface area contributed by atoms with Crippen molar-refractivity contribution in [3.05, 3.63) is 16.8 Å². The van der Waals surface area contributed by atoms with Gasteiger partial charge in [0.25, 0.3) is 0 Å². The lowest BCUT2D eigenvalue weighted by Crippen LogP contribution is -2.32. The fraction of sp³-hybridized carbons (Fsp3) is 0.667. The van der Waals surface area contributed by atoms with E-state index in [1.165, 1.54) is 59.7 Å². The molecule has 0 aromatic carbocycles. The summed E-state index contributed by atoms with van der Waals surface area (Å²) in [5.74, 6) is 2.90. The first-order valence-electron chi connectivity index (χ1n) is 11.5. The topological polar surface area (TPSA) is 46.0 Å². The average molecular weight is 428 g/mol. The van der Waals surface area contributed by atoms with Gasteiger partial charge >= 0.3 is 0 Å². The van der Waals surface area contributed by atoms with Gasteiger partial charge in [-0.2, -0.15) is 0 Å². The summed E-state index contributed by atoms with van der Waals surface area (Å²) in [7, 11) is 2.24. The molecule has 4 rings (SSSR count). The van der Waals surface area contributed by atoms with E-state index in [4.69, 9.17) is 9.97 Å². The number of pyridine rings is 1.